The Balaban J connectivity index is 1.81. The van der Waals surface area contributed by atoms with Crippen molar-refractivity contribution in [3.8, 4) is 0 Å². The Morgan fingerprint density at radius 1 is 1.47 bits per heavy atom. The molecule has 0 saturated carbocycles. The topological polar surface area (TPSA) is 38.3 Å². The number of nitrogens with one attached hydrogen (secondary N) is 1. The highest BCUT2D eigenvalue weighted by Crippen LogP contribution is 2.17. The molecule has 19 heavy (non-hydrogen) atoms. The number of hydrogen-bond acceptors (Lipinski definition) is 2. The molecule has 1 amide bonds. The number of benzene rings is 1. The third-order valence-electron chi connectivity index (χ3n) is 3.17. The van der Waals surface area contributed by atoms with Crippen LogP contribution in [0.15, 0.2) is 22.7 Å². The van der Waals surface area contributed by atoms with Crippen LogP contribution in [0.1, 0.15) is 31.2 Å². The summed E-state index contributed by atoms with van der Waals surface area (Å²) in [5.74, 6) is -0.399. The molecule has 5 heteroatoms. The maximum Gasteiger partial charge on any atom is 0.222 e. The Kier molecular flexibility index (Phi) is 5.34. The molecule has 1 aliphatic heterocycles. The molecule has 1 N–H and O–H groups in total. The summed E-state index contributed by atoms with van der Waals surface area (Å²) in [4.78, 5) is 11.8. The zero-order valence-electron chi connectivity index (χ0n) is 10.6. The van der Waals surface area contributed by atoms with E-state index in [2.05, 4.69) is 21.2 Å². The average Bonchev–Trinajstić information content (AvgIpc) is 2.41. The van der Waals surface area contributed by atoms with Crippen molar-refractivity contribution in [2.45, 2.75) is 38.3 Å². The predicted molar refractivity (Wildman–Crippen MR) is 74.2 cm³/mol. The van der Waals surface area contributed by atoms with E-state index in [4.69, 9.17) is 4.74 Å². The molecule has 104 valence electrons. The number of carbonyl (C=O) groups is 1. The molecular weight excluding hydrogens is 313 g/mol. The third kappa shape index (κ3) is 4.58. The Hall–Kier alpha value is -0.940. The molecule has 1 fully saturated rings. The summed E-state index contributed by atoms with van der Waals surface area (Å²) in [6.07, 6.45) is 3.48. The first-order valence-electron chi connectivity index (χ1n) is 6.47. The number of ether oxygens (including phenoxy) is 1. The highest BCUT2D eigenvalue weighted by Gasteiger charge is 2.17. The summed E-state index contributed by atoms with van der Waals surface area (Å²) < 4.78 is 19.8. The zero-order valence-corrected chi connectivity index (χ0v) is 12.2. The summed E-state index contributed by atoms with van der Waals surface area (Å²) in [5.41, 5.74) is 0.479. The van der Waals surface area contributed by atoms with Gasteiger partial charge in [-0.1, -0.05) is 15.9 Å². The summed E-state index contributed by atoms with van der Waals surface area (Å²) in [5, 5.41) is 2.73. The fraction of sp³-hybridized carbons (Fsp3) is 0.500. The highest BCUT2D eigenvalue weighted by atomic mass is 79.9. The molecule has 2 rings (SSSR count). The van der Waals surface area contributed by atoms with Crippen LogP contribution in [-0.2, 0) is 16.1 Å². The van der Waals surface area contributed by atoms with Crippen molar-refractivity contribution in [2.24, 2.45) is 0 Å². The Morgan fingerprint density at radius 2 is 2.32 bits per heavy atom. The van der Waals surface area contributed by atoms with Gasteiger partial charge in [0.25, 0.3) is 0 Å². The van der Waals surface area contributed by atoms with E-state index in [1.165, 1.54) is 6.07 Å². The van der Waals surface area contributed by atoms with Crippen molar-refractivity contribution >= 4 is 21.8 Å². The van der Waals surface area contributed by atoms with Gasteiger partial charge in [0.1, 0.15) is 5.82 Å². The largest absolute Gasteiger partial charge is 0.378 e. The molecule has 1 aromatic rings. The summed E-state index contributed by atoms with van der Waals surface area (Å²) in [6.45, 7) is 0.940. The molecule has 1 saturated heterocycles. The number of rotatable bonds is 4. The Morgan fingerprint density at radius 3 is 3.05 bits per heavy atom. The van der Waals surface area contributed by atoms with E-state index in [1.807, 2.05) is 0 Å². The molecule has 0 aliphatic carbocycles. The van der Waals surface area contributed by atoms with Crippen molar-refractivity contribution in [3.63, 3.8) is 0 Å². The molecule has 1 atom stereocenters. The zero-order chi connectivity index (χ0) is 13.7. The van der Waals surface area contributed by atoms with Crippen molar-refractivity contribution in [2.75, 3.05) is 6.61 Å². The minimum Gasteiger partial charge on any atom is -0.378 e. The fourth-order valence-corrected chi connectivity index (χ4v) is 2.53. The number of halogens is 2. The second-order valence-electron chi connectivity index (χ2n) is 4.71. The first-order valence-corrected chi connectivity index (χ1v) is 7.26. The van der Waals surface area contributed by atoms with E-state index >= 15 is 0 Å². The lowest BCUT2D eigenvalue weighted by molar-refractivity contribution is -0.125. The van der Waals surface area contributed by atoms with Crippen LogP contribution in [0.2, 0.25) is 0 Å². The van der Waals surface area contributed by atoms with E-state index in [0.717, 1.165) is 30.3 Å². The first kappa shape index (κ1) is 14.5. The first-order chi connectivity index (χ1) is 9.15. The maximum absolute atomic E-state index is 13.5. The summed E-state index contributed by atoms with van der Waals surface area (Å²) >= 11 is 3.28. The van der Waals surface area contributed by atoms with Crippen LogP contribution in [-0.4, -0.2) is 18.6 Å². The highest BCUT2D eigenvalue weighted by molar-refractivity contribution is 9.10. The van der Waals surface area contributed by atoms with E-state index in [1.54, 1.807) is 12.1 Å². The molecule has 3 nitrogen and oxygen atoms in total. The van der Waals surface area contributed by atoms with Crippen molar-refractivity contribution < 1.29 is 13.9 Å². The second kappa shape index (κ2) is 7.01. The van der Waals surface area contributed by atoms with Gasteiger partial charge in [-0.15, -0.1) is 0 Å². The van der Waals surface area contributed by atoms with Gasteiger partial charge >= 0.3 is 0 Å². The van der Waals surface area contributed by atoms with Crippen LogP contribution < -0.4 is 5.32 Å². The van der Waals surface area contributed by atoms with Crippen LogP contribution in [0.25, 0.3) is 0 Å². The van der Waals surface area contributed by atoms with Gasteiger partial charge < -0.3 is 10.1 Å². The lowest BCUT2D eigenvalue weighted by Gasteiger charge is -2.21. The fourth-order valence-electron chi connectivity index (χ4n) is 2.12. The van der Waals surface area contributed by atoms with Gasteiger partial charge in [0, 0.05) is 23.2 Å². The van der Waals surface area contributed by atoms with Crippen LogP contribution in [0.3, 0.4) is 0 Å². The van der Waals surface area contributed by atoms with Gasteiger partial charge in [-0.3, -0.25) is 4.79 Å². The lowest BCUT2D eigenvalue weighted by atomic mass is 10.1. The van der Waals surface area contributed by atoms with E-state index in [-0.39, 0.29) is 24.4 Å². The van der Waals surface area contributed by atoms with E-state index in [0.29, 0.717) is 12.0 Å². The Bertz CT molecular complexity index is 447. The van der Waals surface area contributed by atoms with Crippen LogP contribution >= 0.6 is 15.9 Å². The molecular formula is C14H17BrFNO2. The van der Waals surface area contributed by atoms with Gasteiger partial charge in [-0.25, -0.2) is 4.39 Å². The van der Waals surface area contributed by atoms with Gasteiger partial charge in [-0.2, -0.15) is 0 Å². The molecule has 1 aliphatic rings. The van der Waals surface area contributed by atoms with Gasteiger partial charge in [0.05, 0.1) is 12.5 Å². The predicted octanol–water partition coefficient (Wildman–Crippen LogP) is 3.16. The minimum absolute atomic E-state index is 0.0149. The smallest absolute Gasteiger partial charge is 0.222 e. The van der Waals surface area contributed by atoms with Crippen molar-refractivity contribution in [3.05, 3.63) is 34.1 Å². The van der Waals surface area contributed by atoms with Crippen LogP contribution in [0.5, 0.6) is 0 Å². The van der Waals surface area contributed by atoms with E-state index < -0.39 is 0 Å². The molecule has 1 unspecified atom stereocenters. The molecule has 0 radical (unpaired) electrons. The summed E-state index contributed by atoms with van der Waals surface area (Å²) in [6, 6.07) is 4.69. The standard InChI is InChI=1S/C14H17BrFNO2/c15-11-4-5-13(16)10(7-11)9-17-14(18)8-12-3-1-2-6-19-12/h4-5,7,12H,1-3,6,8-9H2,(H,17,18). The molecule has 1 aromatic carbocycles. The van der Waals surface area contributed by atoms with Gasteiger partial charge in [0.2, 0.25) is 5.91 Å². The molecule has 0 bridgehead atoms. The quantitative estimate of drug-likeness (QED) is 0.921. The second-order valence-corrected chi connectivity index (χ2v) is 5.62. The SMILES string of the molecule is O=C(CC1CCCCO1)NCc1cc(Br)ccc1F. The van der Waals surface area contributed by atoms with E-state index in [9.17, 15) is 9.18 Å². The third-order valence-corrected chi connectivity index (χ3v) is 3.66. The number of amides is 1. The van der Waals surface area contributed by atoms with Gasteiger partial charge in [-0.05, 0) is 37.5 Å². The average molecular weight is 330 g/mol. The monoisotopic (exact) mass is 329 g/mol. The number of hydrogen-bond donors (Lipinski definition) is 1. The summed E-state index contributed by atoms with van der Waals surface area (Å²) in [7, 11) is 0. The number of carbonyl (C=O) groups excluding carboxylic acids is 1. The van der Waals surface area contributed by atoms with Crippen LogP contribution in [0.4, 0.5) is 4.39 Å². The molecule has 1 heterocycles. The molecule has 0 aromatic heterocycles. The lowest BCUT2D eigenvalue weighted by Crippen LogP contribution is -2.30. The minimum atomic E-state index is -0.308. The van der Waals surface area contributed by atoms with Gasteiger partial charge in [0.15, 0.2) is 0 Å². The van der Waals surface area contributed by atoms with Crippen molar-refractivity contribution in [1.29, 1.82) is 0 Å². The van der Waals surface area contributed by atoms with Crippen LogP contribution in [0, 0.1) is 5.82 Å². The van der Waals surface area contributed by atoms with Crippen molar-refractivity contribution in [1.82, 2.24) is 5.32 Å². The maximum atomic E-state index is 13.5. The Labute approximate surface area is 120 Å². The normalized spacial score (nSPS) is 19.2. The molecule has 0 spiro atoms.